The third kappa shape index (κ3) is 3.27. The number of nitrogens with one attached hydrogen (secondary N) is 2. The van der Waals surface area contributed by atoms with E-state index in [0.29, 0.717) is 17.9 Å². The molecule has 2 rings (SSSR count). The quantitative estimate of drug-likeness (QED) is 0.821. The van der Waals surface area contributed by atoms with Crippen molar-refractivity contribution in [3.63, 3.8) is 0 Å². The van der Waals surface area contributed by atoms with E-state index in [9.17, 15) is 4.79 Å². The second-order valence-corrected chi connectivity index (χ2v) is 3.97. The van der Waals surface area contributed by atoms with Gasteiger partial charge in [-0.3, -0.25) is 14.5 Å². The summed E-state index contributed by atoms with van der Waals surface area (Å²) in [5.41, 5.74) is 1.28. The molecule has 1 amide bonds. The SMILES string of the molecule is CCNc1ccncc1C(=O)NCc1ncn(C)n1. The molecule has 0 fully saturated rings. The van der Waals surface area contributed by atoms with Crippen molar-refractivity contribution in [2.45, 2.75) is 13.5 Å². The molecule has 7 heteroatoms. The van der Waals surface area contributed by atoms with Crippen molar-refractivity contribution >= 4 is 11.6 Å². The van der Waals surface area contributed by atoms with Gasteiger partial charge in [-0.1, -0.05) is 0 Å². The van der Waals surface area contributed by atoms with Crippen molar-refractivity contribution in [3.05, 3.63) is 36.2 Å². The van der Waals surface area contributed by atoms with Crippen LogP contribution in [0.1, 0.15) is 23.1 Å². The summed E-state index contributed by atoms with van der Waals surface area (Å²) >= 11 is 0. The smallest absolute Gasteiger partial charge is 0.255 e. The maximum atomic E-state index is 12.1. The van der Waals surface area contributed by atoms with Crippen molar-refractivity contribution in [1.29, 1.82) is 0 Å². The van der Waals surface area contributed by atoms with Crippen molar-refractivity contribution in [1.82, 2.24) is 25.1 Å². The van der Waals surface area contributed by atoms with Crippen LogP contribution in [0.4, 0.5) is 5.69 Å². The summed E-state index contributed by atoms with van der Waals surface area (Å²) in [4.78, 5) is 20.1. The number of anilines is 1. The Labute approximate surface area is 111 Å². The van der Waals surface area contributed by atoms with Gasteiger partial charge in [0.05, 0.1) is 17.8 Å². The van der Waals surface area contributed by atoms with Crippen molar-refractivity contribution in [2.24, 2.45) is 7.05 Å². The fraction of sp³-hybridized carbons (Fsp3) is 0.333. The Morgan fingerprint density at radius 1 is 1.47 bits per heavy atom. The molecular weight excluding hydrogens is 244 g/mol. The van der Waals surface area contributed by atoms with Crippen LogP contribution in [-0.4, -0.2) is 32.2 Å². The number of aryl methyl sites for hydroxylation is 1. The third-order valence-electron chi connectivity index (χ3n) is 2.49. The van der Waals surface area contributed by atoms with Crippen molar-refractivity contribution in [2.75, 3.05) is 11.9 Å². The number of rotatable bonds is 5. The first kappa shape index (κ1) is 13.0. The molecule has 7 nitrogen and oxygen atoms in total. The van der Waals surface area contributed by atoms with E-state index in [2.05, 4.69) is 25.7 Å². The van der Waals surface area contributed by atoms with Crippen LogP contribution < -0.4 is 10.6 Å². The fourth-order valence-electron chi connectivity index (χ4n) is 1.64. The van der Waals surface area contributed by atoms with Gasteiger partial charge in [0, 0.05) is 26.0 Å². The maximum Gasteiger partial charge on any atom is 0.255 e. The Hall–Kier alpha value is -2.44. The number of hydrogen-bond donors (Lipinski definition) is 2. The predicted octanol–water partition coefficient (Wildman–Crippen LogP) is 0.572. The molecule has 100 valence electrons. The van der Waals surface area contributed by atoms with E-state index in [0.717, 1.165) is 12.2 Å². The molecule has 19 heavy (non-hydrogen) atoms. The highest BCUT2D eigenvalue weighted by atomic mass is 16.1. The number of pyridine rings is 1. The topological polar surface area (TPSA) is 84.7 Å². The normalized spacial score (nSPS) is 10.2. The number of nitrogens with zero attached hydrogens (tertiary/aromatic N) is 4. The number of amides is 1. The minimum absolute atomic E-state index is 0.198. The van der Waals surface area contributed by atoms with Crippen LogP contribution >= 0.6 is 0 Å². The zero-order chi connectivity index (χ0) is 13.7. The molecule has 0 saturated carbocycles. The first-order chi connectivity index (χ1) is 9.20. The monoisotopic (exact) mass is 260 g/mol. The Morgan fingerprint density at radius 3 is 3.00 bits per heavy atom. The largest absolute Gasteiger partial charge is 0.385 e. The minimum Gasteiger partial charge on any atom is -0.385 e. The molecule has 0 aromatic carbocycles. The molecule has 0 aliphatic rings. The lowest BCUT2D eigenvalue weighted by Crippen LogP contribution is -2.24. The van der Waals surface area contributed by atoms with E-state index >= 15 is 0 Å². The zero-order valence-corrected chi connectivity index (χ0v) is 10.9. The molecule has 2 heterocycles. The molecule has 2 N–H and O–H groups in total. The van der Waals surface area contributed by atoms with Gasteiger partial charge in [-0.15, -0.1) is 0 Å². The third-order valence-corrected chi connectivity index (χ3v) is 2.49. The summed E-state index contributed by atoms with van der Waals surface area (Å²) in [7, 11) is 1.78. The van der Waals surface area contributed by atoms with Crippen molar-refractivity contribution in [3.8, 4) is 0 Å². The number of aromatic nitrogens is 4. The van der Waals surface area contributed by atoms with Crippen LogP contribution in [0, 0.1) is 0 Å². The summed E-state index contributed by atoms with van der Waals surface area (Å²) in [5.74, 6) is 0.376. The standard InChI is InChI=1S/C12H16N6O/c1-3-14-10-4-5-13-6-9(10)12(19)15-7-11-16-8-18(2)17-11/h4-6,8H,3,7H2,1-2H3,(H,13,14)(H,15,19). The van der Waals surface area contributed by atoms with E-state index in [1.807, 2.05) is 6.92 Å². The van der Waals surface area contributed by atoms with E-state index < -0.39 is 0 Å². The predicted molar refractivity (Wildman–Crippen MR) is 70.6 cm³/mol. The summed E-state index contributed by atoms with van der Waals surface area (Å²) in [6.45, 7) is 3.01. The lowest BCUT2D eigenvalue weighted by Gasteiger charge is -2.09. The van der Waals surface area contributed by atoms with E-state index in [4.69, 9.17) is 0 Å². The Balaban J connectivity index is 2.03. The average molecular weight is 260 g/mol. The van der Waals surface area contributed by atoms with Gasteiger partial charge < -0.3 is 10.6 Å². The first-order valence-electron chi connectivity index (χ1n) is 6.01. The van der Waals surface area contributed by atoms with Crippen LogP contribution in [0.3, 0.4) is 0 Å². The van der Waals surface area contributed by atoms with Gasteiger partial charge in [-0.05, 0) is 13.0 Å². The van der Waals surface area contributed by atoms with Gasteiger partial charge in [0.25, 0.3) is 5.91 Å². The highest BCUT2D eigenvalue weighted by molar-refractivity contribution is 5.99. The van der Waals surface area contributed by atoms with E-state index in [1.165, 1.54) is 0 Å². The lowest BCUT2D eigenvalue weighted by molar-refractivity contribution is 0.0950. The summed E-state index contributed by atoms with van der Waals surface area (Å²) in [6, 6.07) is 1.78. The average Bonchev–Trinajstić information content (AvgIpc) is 2.83. The van der Waals surface area contributed by atoms with Gasteiger partial charge in [-0.25, -0.2) is 4.98 Å². The second kappa shape index (κ2) is 5.94. The van der Waals surface area contributed by atoms with Gasteiger partial charge in [0.1, 0.15) is 6.33 Å². The molecular formula is C12H16N6O. The van der Waals surface area contributed by atoms with Crippen molar-refractivity contribution < 1.29 is 4.79 Å². The molecule has 0 spiro atoms. The van der Waals surface area contributed by atoms with Crippen LogP contribution in [-0.2, 0) is 13.6 Å². The maximum absolute atomic E-state index is 12.1. The van der Waals surface area contributed by atoms with E-state index in [1.54, 1.807) is 36.5 Å². The summed E-state index contributed by atoms with van der Waals surface area (Å²) < 4.78 is 1.59. The van der Waals surface area contributed by atoms with Gasteiger partial charge >= 0.3 is 0 Å². The van der Waals surface area contributed by atoms with Crippen LogP contribution in [0.15, 0.2) is 24.8 Å². The number of carbonyl (C=O) groups excluding carboxylic acids is 1. The molecule has 0 unspecified atom stereocenters. The van der Waals surface area contributed by atoms with Gasteiger partial charge in [0.15, 0.2) is 5.82 Å². The highest BCUT2D eigenvalue weighted by Gasteiger charge is 2.11. The molecule has 0 radical (unpaired) electrons. The van der Waals surface area contributed by atoms with Gasteiger partial charge in [-0.2, -0.15) is 5.10 Å². The Kier molecular flexibility index (Phi) is 4.07. The molecule has 2 aromatic rings. The zero-order valence-electron chi connectivity index (χ0n) is 10.9. The summed E-state index contributed by atoms with van der Waals surface area (Å²) in [6.07, 6.45) is 4.78. The lowest BCUT2D eigenvalue weighted by atomic mass is 10.2. The van der Waals surface area contributed by atoms with Crippen LogP contribution in [0.2, 0.25) is 0 Å². The number of hydrogen-bond acceptors (Lipinski definition) is 5. The van der Waals surface area contributed by atoms with Crippen LogP contribution in [0.25, 0.3) is 0 Å². The number of carbonyl (C=O) groups is 1. The molecule has 2 aromatic heterocycles. The highest BCUT2D eigenvalue weighted by Crippen LogP contribution is 2.12. The minimum atomic E-state index is -0.198. The summed E-state index contributed by atoms with van der Waals surface area (Å²) in [5, 5.41) is 9.99. The molecule has 0 aliphatic heterocycles. The molecule has 0 atom stereocenters. The van der Waals surface area contributed by atoms with E-state index in [-0.39, 0.29) is 5.91 Å². The molecule has 0 aliphatic carbocycles. The fourth-order valence-corrected chi connectivity index (χ4v) is 1.64. The van der Waals surface area contributed by atoms with Crippen LogP contribution in [0.5, 0.6) is 0 Å². The van der Waals surface area contributed by atoms with Gasteiger partial charge in [0.2, 0.25) is 0 Å². The Morgan fingerprint density at radius 2 is 2.32 bits per heavy atom. The second-order valence-electron chi connectivity index (χ2n) is 3.97. The molecule has 0 bridgehead atoms. The Bertz CT molecular complexity index is 565. The first-order valence-corrected chi connectivity index (χ1v) is 6.01. The molecule has 0 saturated heterocycles.